The number of benzene rings is 1. The van der Waals surface area contributed by atoms with E-state index >= 15 is 0 Å². The van der Waals surface area contributed by atoms with Crippen molar-refractivity contribution in [1.82, 2.24) is 9.97 Å². The number of nitrogens with zero attached hydrogens (tertiary/aromatic N) is 2. The standard InChI is InChI=1S/C13H14IN3/c1-3-10-11(14)13(15-2)17-12(16-10)9-7-5-4-6-8-9/h4-8H,3H2,1-2H3,(H,15,16,17). The van der Waals surface area contributed by atoms with Gasteiger partial charge in [0.15, 0.2) is 5.82 Å². The Hall–Kier alpha value is -1.17. The lowest BCUT2D eigenvalue weighted by Gasteiger charge is -2.09. The first kappa shape index (κ1) is 12.3. The van der Waals surface area contributed by atoms with Crippen LogP contribution in [0.2, 0.25) is 0 Å². The molecule has 0 spiro atoms. The van der Waals surface area contributed by atoms with Crippen LogP contribution in [0.25, 0.3) is 11.4 Å². The van der Waals surface area contributed by atoms with Gasteiger partial charge in [0.25, 0.3) is 0 Å². The third-order valence-electron chi connectivity index (χ3n) is 2.52. The average molecular weight is 339 g/mol. The minimum absolute atomic E-state index is 0.784. The first-order chi connectivity index (χ1) is 8.26. The minimum atomic E-state index is 0.784. The molecule has 2 rings (SSSR count). The molecular formula is C13H14IN3. The highest BCUT2D eigenvalue weighted by atomic mass is 127. The summed E-state index contributed by atoms with van der Waals surface area (Å²) in [6.45, 7) is 2.11. The number of halogens is 1. The highest BCUT2D eigenvalue weighted by Crippen LogP contribution is 2.23. The maximum atomic E-state index is 4.61. The number of nitrogens with one attached hydrogen (secondary N) is 1. The molecule has 0 bridgehead atoms. The molecule has 88 valence electrons. The zero-order valence-electron chi connectivity index (χ0n) is 9.87. The van der Waals surface area contributed by atoms with Crippen LogP contribution in [0.3, 0.4) is 0 Å². The molecule has 0 aliphatic rings. The van der Waals surface area contributed by atoms with Crippen LogP contribution >= 0.6 is 22.6 Å². The predicted molar refractivity (Wildman–Crippen MR) is 79.1 cm³/mol. The summed E-state index contributed by atoms with van der Waals surface area (Å²) in [5.74, 6) is 1.68. The first-order valence-corrected chi connectivity index (χ1v) is 6.63. The van der Waals surface area contributed by atoms with Gasteiger partial charge in [0.05, 0.1) is 9.26 Å². The van der Waals surface area contributed by atoms with Gasteiger partial charge in [0.2, 0.25) is 0 Å². The Morgan fingerprint density at radius 1 is 1.18 bits per heavy atom. The van der Waals surface area contributed by atoms with Crippen LogP contribution in [0.4, 0.5) is 5.82 Å². The lowest BCUT2D eigenvalue weighted by Crippen LogP contribution is -2.04. The van der Waals surface area contributed by atoms with E-state index < -0.39 is 0 Å². The molecule has 0 aliphatic heterocycles. The van der Waals surface area contributed by atoms with Gasteiger partial charge in [-0.25, -0.2) is 9.97 Å². The van der Waals surface area contributed by atoms with E-state index in [9.17, 15) is 0 Å². The van der Waals surface area contributed by atoms with Gasteiger partial charge in [-0.15, -0.1) is 0 Å². The summed E-state index contributed by atoms with van der Waals surface area (Å²) in [5, 5.41) is 3.12. The number of rotatable bonds is 3. The van der Waals surface area contributed by atoms with Gasteiger partial charge in [-0.2, -0.15) is 0 Å². The minimum Gasteiger partial charge on any atom is -0.372 e. The second-order valence-electron chi connectivity index (χ2n) is 3.63. The molecule has 0 aliphatic carbocycles. The van der Waals surface area contributed by atoms with Crippen molar-refractivity contribution in [1.29, 1.82) is 0 Å². The molecule has 3 nitrogen and oxygen atoms in total. The molecule has 4 heteroatoms. The van der Waals surface area contributed by atoms with E-state index in [0.29, 0.717) is 0 Å². The second-order valence-corrected chi connectivity index (χ2v) is 4.70. The molecule has 17 heavy (non-hydrogen) atoms. The third kappa shape index (κ3) is 2.57. The summed E-state index contributed by atoms with van der Waals surface area (Å²) in [5.41, 5.74) is 2.14. The molecule has 0 radical (unpaired) electrons. The molecule has 0 atom stereocenters. The second kappa shape index (κ2) is 5.44. The third-order valence-corrected chi connectivity index (χ3v) is 3.66. The van der Waals surface area contributed by atoms with Crippen LogP contribution in [0.5, 0.6) is 0 Å². The molecule has 1 N–H and O–H groups in total. The van der Waals surface area contributed by atoms with Gasteiger partial charge < -0.3 is 5.32 Å². The van der Waals surface area contributed by atoms with Crippen LogP contribution in [-0.2, 0) is 6.42 Å². The Kier molecular flexibility index (Phi) is 3.93. The quantitative estimate of drug-likeness (QED) is 0.872. The van der Waals surface area contributed by atoms with Crippen LogP contribution in [0, 0.1) is 3.57 Å². The molecule has 0 saturated carbocycles. The Labute approximate surface area is 115 Å². The fourth-order valence-corrected chi connectivity index (χ4v) is 2.50. The van der Waals surface area contributed by atoms with Crippen molar-refractivity contribution < 1.29 is 0 Å². The molecule has 0 saturated heterocycles. The molecule has 2 aromatic rings. The fraction of sp³-hybridized carbons (Fsp3) is 0.231. The summed E-state index contributed by atoms with van der Waals surface area (Å²) < 4.78 is 1.10. The normalized spacial score (nSPS) is 10.3. The van der Waals surface area contributed by atoms with E-state index in [-0.39, 0.29) is 0 Å². The van der Waals surface area contributed by atoms with Crippen LogP contribution in [0.1, 0.15) is 12.6 Å². The summed E-state index contributed by atoms with van der Waals surface area (Å²) >= 11 is 2.29. The van der Waals surface area contributed by atoms with E-state index in [0.717, 1.165) is 32.9 Å². The average Bonchev–Trinajstić information content (AvgIpc) is 2.40. The van der Waals surface area contributed by atoms with Crippen LogP contribution in [0.15, 0.2) is 30.3 Å². The molecule has 0 amide bonds. The lowest BCUT2D eigenvalue weighted by atomic mass is 10.2. The van der Waals surface area contributed by atoms with E-state index in [1.807, 2.05) is 37.4 Å². The van der Waals surface area contributed by atoms with Gasteiger partial charge in [0.1, 0.15) is 5.82 Å². The Morgan fingerprint density at radius 2 is 1.88 bits per heavy atom. The number of hydrogen-bond donors (Lipinski definition) is 1. The van der Waals surface area contributed by atoms with E-state index in [1.165, 1.54) is 0 Å². The molecule has 1 aromatic carbocycles. The van der Waals surface area contributed by atoms with Gasteiger partial charge in [-0.05, 0) is 29.0 Å². The fourth-order valence-electron chi connectivity index (χ4n) is 1.61. The Balaban J connectivity index is 2.56. The predicted octanol–water partition coefficient (Wildman–Crippen LogP) is 3.35. The van der Waals surface area contributed by atoms with Gasteiger partial charge in [-0.1, -0.05) is 37.3 Å². The molecule has 0 unspecified atom stereocenters. The number of aryl methyl sites for hydroxylation is 1. The number of aromatic nitrogens is 2. The Morgan fingerprint density at radius 3 is 2.47 bits per heavy atom. The van der Waals surface area contributed by atoms with Crippen molar-refractivity contribution in [2.75, 3.05) is 12.4 Å². The van der Waals surface area contributed by atoms with Gasteiger partial charge in [0, 0.05) is 12.6 Å². The van der Waals surface area contributed by atoms with Crippen molar-refractivity contribution in [3.63, 3.8) is 0 Å². The van der Waals surface area contributed by atoms with E-state index in [2.05, 4.69) is 44.8 Å². The zero-order valence-corrected chi connectivity index (χ0v) is 12.0. The van der Waals surface area contributed by atoms with Crippen LogP contribution < -0.4 is 5.32 Å². The number of hydrogen-bond acceptors (Lipinski definition) is 3. The van der Waals surface area contributed by atoms with Crippen molar-refractivity contribution >= 4 is 28.4 Å². The molecular weight excluding hydrogens is 325 g/mol. The topological polar surface area (TPSA) is 37.8 Å². The summed E-state index contributed by atoms with van der Waals surface area (Å²) in [6.07, 6.45) is 0.912. The SMILES string of the molecule is CCc1nc(-c2ccccc2)nc(NC)c1I. The van der Waals surface area contributed by atoms with E-state index in [4.69, 9.17) is 0 Å². The lowest BCUT2D eigenvalue weighted by molar-refractivity contribution is 0.990. The monoisotopic (exact) mass is 339 g/mol. The van der Waals surface area contributed by atoms with Crippen molar-refractivity contribution in [3.05, 3.63) is 39.6 Å². The molecule has 1 aromatic heterocycles. The molecule has 1 heterocycles. The van der Waals surface area contributed by atoms with Gasteiger partial charge in [-0.3, -0.25) is 0 Å². The smallest absolute Gasteiger partial charge is 0.161 e. The summed E-state index contributed by atoms with van der Waals surface area (Å²) in [4.78, 5) is 9.15. The van der Waals surface area contributed by atoms with E-state index in [1.54, 1.807) is 0 Å². The van der Waals surface area contributed by atoms with Crippen molar-refractivity contribution in [2.24, 2.45) is 0 Å². The highest BCUT2D eigenvalue weighted by Gasteiger charge is 2.10. The summed E-state index contributed by atoms with van der Waals surface area (Å²) in [6, 6.07) is 10.1. The van der Waals surface area contributed by atoms with Crippen molar-refractivity contribution in [2.45, 2.75) is 13.3 Å². The largest absolute Gasteiger partial charge is 0.372 e. The first-order valence-electron chi connectivity index (χ1n) is 5.55. The van der Waals surface area contributed by atoms with Gasteiger partial charge >= 0.3 is 0 Å². The Bertz CT molecular complexity index is 486. The maximum absolute atomic E-state index is 4.61. The van der Waals surface area contributed by atoms with Crippen LogP contribution in [-0.4, -0.2) is 17.0 Å². The zero-order chi connectivity index (χ0) is 12.3. The summed E-state index contributed by atoms with van der Waals surface area (Å²) in [7, 11) is 1.89. The highest BCUT2D eigenvalue weighted by molar-refractivity contribution is 14.1. The number of anilines is 1. The van der Waals surface area contributed by atoms with Crippen molar-refractivity contribution in [3.8, 4) is 11.4 Å². The maximum Gasteiger partial charge on any atom is 0.161 e. The molecule has 0 fully saturated rings.